The molecule has 0 saturated carbocycles. The Kier molecular flexibility index (Phi) is 3.11. The molecule has 0 fully saturated rings. The van der Waals surface area contributed by atoms with E-state index in [1.165, 1.54) is 22.3 Å². The van der Waals surface area contributed by atoms with E-state index >= 15 is 0 Å². The van der Waals surface area contributed by atoms with Crippen molar-refractivity contribution in [2.45, 2.75) is 12.5 Å². The summed E-state index contributed by atoms with van der Waals surface area (Å²) < 4.78 is 0.0380. The van der Waals surface area contributed by atoms with Gasteiger partial charge >= 0.3 is 101 Å². The van der Waals surface area contributed by atoms with Gasteiger partial charge in [-0.25, -0.2) is 0 Å². The van der Waals surface area contributed by atoms with Gasteiger partial charge in [0.1, 0.15) is 0 Å². The number of benzene rings is 1. The Morgan fingerprint density at radius 1 is 1.47 bits per heavy atom. The third kappa shape index (κ3) is 2.23. The standard InChI is InChI=1S/C11H11N2OTe/c12-9(11(14)15)5-7-6-13-10-4-2-1-3-8(7)10/h1-4,6,9,13H,5,12H2/t9-/m0/s1. The molecule has 0 aliphatic rings. The van der Waals surface area contributed by atoms with Gasteiger partial charge in [-0.1, -0.05) is 0 Å². The number of rotatable bonds is 3. The van der Waals surface area contributed by atoms with Crippen molar-refractivity contribution in [3.63, 3.8) is 0 Å². The summed E-state index contributed by atoms with van der Waals surface area (Å²) in [6.07, 6.45) is 2.52. The predicted octanol–water partition coefficient (Wildman–Crippen LogP) is 0.733. The van der Waals surface area contributed by atoms with Crippen LogP contribution in [0, 0.1) is 0 Å². The SMILES string of the molecule is N[C@@H](Cc1c[nH]c2ccccc12)C(=O)[Te]. The number of aromatic nitrogens is 1. The molecule has 1 aromatic heterocycles. The second-order valence-electron chi connectivity index (χ2n) is 3.49. The van der Waals surface area contributed by atoms with Crippen molar-refractivity contribution in [1.29, 1.82) is 0 Å². The Balaban J connectivity index is 2.32. The van der Waals surface area contributed by atoms with Crippen LogP contribution in [0.5, 0.6) is 0 Å². The number of hydrogen-bond acceptors (Lipinski definition) is 2. The molecule has 0 bridgehead atoms. The van der Waals surface area contributed by atoms with Crippen molar-refractivity contribution in [3.05, 3.63) is 36.0 Å². The molecule has 0 amide bonds. The first-order chi connectivity index (χ1) is 7.18. The second-order valence-corrected chi connectivity index (χ2v) is 4.64. The minimum atomic E-state index is -0.394. The maximum atomic E-state index is 11.1. The summed E-state index contributed by atoms with van der Waals surface area (Å²) in [4.78, 5) is 14.2. The van der Waals surface area contributed by atoms with E-state index in [-0.39, 0.29) is 3.83 Å². The Hall–Kier alpha value is -0.820. The van der Waals surface area contributed by atoms with Gasteiger partial charge in [0.25, 0.3) is 0 Å². The number of nitrogens with two attached hydrogens (primary N) is 1. The van der Waals surface area contributed by atoms with Crippen LogP contribution in [0.1, 0.15) is 5.56 Å². The van der Waals surface area contributed by atoms with E-state index in [9.17, 15) is 4.79 Å². The predicted molar refractivity (Wildman–Crippen MR) is 60.7 cm³/mol. The fourth-order valence-electron chi connectivity index (χ4n) is 1.62. The number of para-hydroxylation sites is 1. The van der Waals surface area contributed by atoms with E-state index < -0.39 is 6.04 Å². The van der Waals surface area contributed by atoms with Gasteiger partial charge in [0.05, 0.1) is 0 Å². The molecule has 0 aliphatic carbocycles. The van der Waals surface area contributed by atoms with Crippen LogP contribution in [0.3, 0.4) is 0 Å². The number of carbonyl (C=O) groups excluding carboxylic acids is 1. The van der Waals surface area contributed by atoms with Gasteiger partial charge in [0.2, 0.25) is 0 Å². The average Bonchev–Trinajstić information content (AvgIpc) is 2.62. The van der Waals surface area contributed by atoms with E-state index in [1.807, 2.05) is 30.5 Å². The van der Waals surface area contributed by atoms with Crippen LogP contribution in [0.2, 0.25) is 0 Å². The number of fused-ring (bicyclic) bond motifs is 1. The summed E-state index contributed by atoms with van der Waals surface area (Å²) in [6.45, 7) is 0. The maximum absolute atomic E-state index is 11.1. The van der Waals surface area contributed by atoms with Crippen LogP contribution in [-0.2, 0) is 11.2 Å². The molecule has 0 unspecified atom stereocenters. The number of H-pyrrole nitrogens is 1. The molecular formula is C11H11N2OTe. The summed E-state index contributed by atoms with van der Waals surface area (Å²) in [6, 6.07) is 7.62. The Morgan fingerprint density at radius 2 is 2.20 bits per heavy atom. The molecule has 2 rings (SSSR count). The van der Waals surface area contributed by atoms with Crippen molar-refractivity contribution in [3.8, 4) is 0 Å². The average molecular weight is 315 g/mol. The molecule has 15 heavy (non-hydrogen) atoms. The molecule has 1 aromatic carbocycles. The van der Waals surface area contributed by atoms with Crippen molar-refractivity contribution < 1.29 is 4.79 Å². The fourth-order valence-corrected chi connectivity index (χ4v) is 1.86. The van der Waals surface area contributed by atoms with Crippen LogP contribution in [0.15, 0.2) is 30.5 Å². The second kappa shape index (κ2) is 4.36. The Bertz CT molecular complexity index is 492. The van der Waals surface area contributed by atoms with Crippen LogP contribution >= 0.6 is 0 Å². The summed E-state index contributed by atoms with van der Waals surface area (Å²) in [5.74, 6) is 0. The van der Waals surface area contributed by atoms with Gasteiger partial charge in [-0.3, -0.25) is 0 Å². The summed E-state index contributed by atoms with van der Waals surface area (Å²) >= 11 is 1.46. The normalized spacial score (nSPS) is 12.9. The van der Waals surface area contributed by atoms with E-state index in [0.717, 1.165) is 16.5 Å². The molecule has 4 heteroatoms. The van der Waals surface area contributed by atoms with Gasteiger partial charge in [-0.15, -0.1) is 0 Å². The third-order valence-corrected chi connectivity index (χ3v) is 3.28. The molecule has 0 saturated heterocycles. The van der Waals surface area contributed by atoms with Gasteiger partial charge < -0.3 is 0 Å². The molecule has 0 spiro atoms. The number of nitrogens with one attached hydrogen (secondary N) is 1. The molecule has 0 aliphatic heterocycles. The first-order valence-electron chi connectivity index (χ1n) is 4.70. The Morgan fingerprint density at radius 3 is 2.93 bits per heavy atom. The topological polar surface area (TPSA) is 58.9 Å². The van der Waals surface area contributed by atoms with Crippen LogP contribution in [0.25, 0.3) is 10.9 Å². The molecule has 3 nitrogen and oxygen atoms in total. The molecule has 1 atom stereocenters. The van der Waals surface area contributed by atoms with Crippen molar-refractivity contribution in [1.82, 2.24) is 4.98 Å². The zero-order chi connectivity index (χ0) is 10.8. The van der Waals surface area contributed by atoms with Gasteiger partial charge in [-0.2, -0.15) is 0 Å². The molecule has 1 heterocycles. The monoisotopic (exact) mass is 317 g/mol. The summed E-state index contributed by atoms with van der Waals surface area (Å²) in [5.41, 5.74) is 7.93. The van der Waals surface area contributed by atoms with Crippen molar-refractivity contribution >= 4 is 37.0 Å². The van der Waals surface area contributed by atoms with Gasteiger partial charge in [-0.05, 0) is 0 Å². The summed E-state index contributed by atoms with van der Waals surface area (Å²) in [5, 5.41) is 1.15. The molecule has 3 N–H and O–H groups in total. The third-order valence-electron chi connectivity index (χ3n) is 2.42. The molecule has 1 radical (unpaired) electrons. The number of carbonyl (C=O) groups is 1. The fraction of sp³-hybridized carbons (Fsp3) is 0.182. The molecule has 2 aromatic rings. The van der Waals surface area contributed by atoms with E-state index in [2.05, 4.69) is 4.98 Å². The van der Waals surface area contributed by atoms with Gasteiger partial charge in [0, 0.05) is 0 Å². The van der Waals surface area contributed by atoms with Crippen molar-refractivity contribution in [2.75, 3.05) is 0 Å². The Labute approximate surface area is 101 Å². The van der Waals surface area contributed by atoms with Gasteiger partial charge in [0.15, 0.2) is 0 Å². The van der Waals surface area contributed by atoms with E-state index in [0.29, 0.717) is 6.42 Å². The van der Waals surface area contributed by atoms with E-state index in [4.69, 9.17) is 5.73 Å². The molecule has 77 valence electrons. The van der Waals surface area contributed by atoms with Crippen LogP contribution in [0.4, 0.5) is 0 Å². The van der Waals surface area contributed by atoms with Crippen LogP contribution < -0.4 is 5.73 Å². The van der Waals surface area contributed by atoms with Crippen LogP contribution in [-0.4, -0.2) is 37.2 Å². The van der Waals surface area contributed by atoms with E-state index in [1.54, 1.807) is 0 Å². The minimum absolute atomic E-state index is 0.0380. The first kappa shape index (κ1) is 10.7. The number of aromatic amines is 1. The molecular weight excluding hydrogens is 304 g/mol. The summed E-state index contributed by atoms with van der Waals surface area (Å²) in [7, 11) is 0. The quantitative estimate of drug-likeness (QED) is 0.821. The number of hydrogen-bond donors (Lipinski definition) is 2. The zero-order valence-corrected chi connectivity index (χ0v) is 10.4. The first-order valence-corrected chi connectivity index (χ1v) is 5.86. The zero-order valence-electron chi connectivity index (χ0n) is 8.07. The van der Waals surface area contributed by atoms with Crippen molar-refractivity contribution in [2.24, 2.45) is 5.73 Å².